The van der Waals surface area contributed by atoms with Crippen molar-refractivity contribution in [2.45, 2.75) is 56.8 Å². The second kappa shape index (κ2) is 7.64. The lowest BCUT2D eigenvalue weighted by atomic mass is 10.2. The van der Waals surface area contributed by atoms with Crippen LogP contribution in [0.25, 0.3) is 0 Å². The maximum atomic E-state index is 10.9. The summed E-state index contributed by atoms with van der Waals surface area (Å²) in [6, 6.07) is 0. The number of thioether (sulfide) groups is 1. The molecule has 1 saturated heterocycles. The summed E-state index contributed by atoms with van der Waals surface area (Å²) >= 11 is 1.70. The van der Waals surface area contributed by atoms with E-state index in [0.29, 0.717) is 12.8 Å². The molecule has 112 valence electrons. The van der Waals surface area contributed by atoms with Crippen molar-refractivity contribution >= 4 is 17.7 Å². The van der Waals surface area contributed by atoms with Gasteiger partial charge in [0.25, 0.3) is 0 Å². The van der Waals surface area contributed by atoms with Crippen LogP contribution in [-0.4, -0.2) is 39.1 Å². The Balaban J connectivity index is 2.08. The van der Waals surface area contributed by atoms with Crippen molar-refractivity contribution in [1.82, 2.24) is 14.8 Å². The SMILES string of the molecule is CCCSc1nnc(CCC(N)=O)n1CC1CCCO1. The highest BCUT2D eigenvalue weighted by Gasteiger charge is 2.21. The van der Waals surface area contributed by atoms with Crippen molar-refractivity contribution in [3.8, 4) is 0 Å². The summed E-state index contributed by atoms with van der Waals surface area (Å²) in [6.45, 7) is 3.75. The van der Waals surface area contributed by atoms with Crippen molar-refractivity contribution in [2.75, 3.05) is 12.4 Å². The van der Waals surface area contributed by atoms with Crippen molar-refractivity contribution in [2.24, 2.45) is 5.73 Å². The van der Waals surface area contributed by atoms with Crippen LogP contribution in [-0.2, 0) is 22.5 Å². The Hall–Kier alpha value is -1.08. The number of ether oxygens (including phenoxy) is 1. The van der Waals surface area contributed by atoms with Gasteiger partial charge >= 0.3 is 0 Å². The predicted octanol–water partition coefficient (Wildman–Crippen LogP) is 1.38. The lowest BCUT2D eigenvalue weighted by Crippen LogP contribution is -2.19. The fourth-order valence-electron chi connectivity index (χ4n) is 2.21. The Morgan fingerprint density at radius 2 is 2.40 bits per heavy atom. The number of hydrogen-bond donors (Lipinski definition) is 1. The van der Waals surface area contributed by atoms with Crippen molar-refractivity contribution in [3.63, 3.8) is 0 Å². The molecule has 0 saturated carbocycles. The van der Waals surface area contributed by atoms with Gasteiger partial charge in [-0.1, -0.05) is 18.7 Å². The highest BCUT2D eigenvalue weighted by Crippen LogP contribution is 2.22. The predicted molar refractivity (Wildman–Crippen MR) is 77.5 cm³/mol. The molecule has 2 N–H and O–H groups in total. The highest BCUT2D eigenvalue weighted by molar-refractivity contribution is 7.99. The van der Waals surface area contributed by atoms with Gasteiger partial charge in [0.05, 0.1) is 12.6 Å². The molecule has 0 aromatic carbocycles. The molecule has 20 heavy (non-hydrogen) atoms. The van der Waals surface area contributed by atoms with Crippen LogP contribution in [0.5, 0.6) is 0 Å². The molecule has 1 atom stereocenters. The van der Waals surface area contributed by atoms with E-state index in [2.05, 4.69) is 21.7 Å². The zero-order valence-corrected chi connectivity index (χ0v) is 12.7. The van der Waals surface area contributed by atoms with Crippen LogP contribution in [0, 0.1) is 0 Å². The molecule has 0 spiro atoms. The number of nitrogens with zero attached hydrogens (tertiary/aromatic N) is 3. The first-order chi connectivity index (χ1) is 9.70. The summed E-state index contributed by atoms with van der Waals surface area (Å²) in [5.41, 5.74) is 5.21. The molecule has 1 amide bonds. The van der Waals surface area contributed by atoms with Crippen LogP contribution in [0.2, 0.25) is 0 Å². The van der Waals surface area contributed by atoms with Gasteiger partial charge in [-0.05, 0) is 19.3 Å². The Kier molecular flexibility index (Phi) is 5.85. The quantitative estimate of drug-likeness (QED) is 0.733. The topological polar surface area (TPSA) is 83.0 Å². The van der Waals surface area contributed by atoms with E-state index in [9.17, 15) is 4.79 Å². The van der Waals surface area contributed by atoms with E-state index in [1.54, 1.807) is 11.8 Å². The average Bonchev–Trinajstić information content (AvgIpc) is 3.05. The molecule has 1 aliphatic rings. The molecule has 0 aliphatic carbocycles. The van der Waals surface area contributed by atoms with E-state index in [0.717, 1.165) is 49.1 Å². The first kappa shape index (κ1) is 15.3. The number of hydrogen-bond acceptors (Lipinski definition) is 5. The molecule has 1 fully saturated rings. The van der Waals surface area contributed by atoms with Gasteiger partial charge in [-0.15, -0.1) is 10.2 Å². The average molecular weight is 298 g/mol. The molecular weight excluding hydrogens is 276 g/mol. The Bertz CT molecular complexity index is 444. The van der Waals surface area contributed by atoms with Crippen LogP contribution in [0.15, 0.2) is 5.16 Å². The van der Waals surface area contributed by atoms with Gasteiger partial charge in [0, 0.05) is 25.2 Å². The van der Waals surface area contributed by atoms with Gasteiger partial charge in [-0.25, -0.2) is 0 Å². The normalized spacial score (nSPS) is 18.6. The van der Waals surface area contributed by atoms with E-state index in [1.165, 1.54) is 0 Å². The third-order valence-corrected chi connectivity index (χ3v) is 4.41. The van der Waals surface area contributed by atoms with E-state index >= 15 is 0 Å². The number of nitrogens with two attached hydrogens (primary N) is 1. The number of rotatable bonds is 8. The zero-order valence-electron chi connectivity index (χ0n) is 11.9. The lowest BCUT2D eigenvalue weighted by Gasteiger charge is -2.14. The second-order valence-corrected chi connectivity index (χ2v) is 6.02. The summed E-state index contributed by atoms with van der Waals surface area (Å²) in [7, 11) is 0. The van der Waals surface area contributed by atoms with E-state index in [4.69, 9.17) is 10.5 Å². The second-order valence-electron chi connectivity index (χ2n) is 4.96. The zero-order chi connectivity index (χ0) is 14.4. The number of carbonyl (C=O) groups excluding carboxylic acids is 1. The van der Waals surface area contributed by atoms with Crippen molar-refractivity contribution < 1.29 is 9.53 Å². The first-order valence-corrected chi connectivity index (χ1v) is 8.14. The van der Waals surface area contributed by atoms with Crippen LogP contribution in [0.1, 0.15) is 38.4 Å². The molecule has 0 bridgehead atoms. The molecule has 6 nitrogen and oxygen atoms in total. The molecule has 0 radical (unpaired) electrons. The molecule has 1 aromatic heterocycles. The maximum Gasteiger partial charge on any atom is 0.217 e. The minimum atomic E-state index is -0.306. The third kappa shape index (κ3) is 4.21. The van der Waals surface area contributed by atoms with Crippen LogP contribution >= 0.6 is 11.8 Å². The van der Waals surface area contributed by atoms with E-state index in [-0.39, 0.29) is 12.0 Å². The largest absolute Gasteiger partial charge is 0.376 e. The van der Waals surface area contributed by atoms with Gasteiger partial charge in [0.2, 0.25) is 5.91 Å². The Morgan fingerprint density at radius 3 is 3.05 bits per heavy atom. The van der Waals surface area contributed by atoms with Gasteiger partial charge < -0.3 is 15.0 Å². The number of carbonyl (C=O) groups is 1. The molecule has 7 heteroatoms. The fourth-order valence-corrected chi connectivity index (χ4v) is 3.04. The smallest absolute Gasteiger partial charge is 0.217 e. The van der Waals surface area contributed by atoms with E-state index < -0.39 is 0 Å². The molecular formula is C13H22N4O2S. The third-order valence-electron chi connectivity index (χ3n) is 3.23. The Morgan fingerprint density at radius 1 is 1.55 bits per heavy atom. The summed E-state index contributed by atoms with van der Waals surface area (Å²) in [5.74, 6) is 1.54. The molecule has 1 aliphatic heterocycles. The number of amides is 1. The molecule has 2 heterocycles. The standard InChI is InChI=1S/C13H22N4O2S/c1-2-8-20-13-16-15-12(6-5-11(14)18)17(13)9-10-4-3-7-19-10/h10H,2-9H2,1H3,(H2,14,18). The summed E-state index contributed by atoms with van der Waals surface area (Å²) in [6.07, 6.45) is 4.36. The Labute approximate surface area is 123 Å². The van der Waals surface area contributed by atoms with Crippen LogP contribution < -0.4 is 5.73 Å². The minimum Gasteiger partial charge on any atom is -0.376 e. The van der Waals surface area contributed by atoms with Gasteiger partial charge in [-0.3, -0.25) is 4.79 Å². The number of aryl methyl sites for hydroxylation is 1. The van der Waals surface area contributed by atoms with Gasteiger partial charge in [0.1, 0.15) is 5.82 Å². The summed E-state index contributed by atoms with van der Waals surface area (Å²) < 4.78 is 7.79. The maximum absolute atomic E-state index is 10.9. The van der Waals surface area contributed by atoms with Crippen molar-refractivity contribution in [3.05, 3.63) is 5.82 Å². The van der Waals surface area contributed by atoms with Gasteiger partial charge in [0.15, 0.2) is 5.16 Å². The molecule has 1 aromatic rings. The summed E-state index contributed by atoms with van der Waals surface area (Å²) in [5, 5.41) is 9.37. The molecule has 2 rings (SSSR count). The lowest BCUT2D eigenvalue weighted by molar-refractivity contribution is -0.118. The van der Waals surface area contributed by atoms with Crippen LogP contribution in [0.4, 0.5) is 0 Å². The number of aromatic nitrogens is 3. The summed E-state index contributed by atoms with van der Waals surface area (Å²) in [4.78, 5) is 10.9. The van der Waals surface area contributed by atoms with Crippen LogP contribution in [0.3, 0.4) is 0 Å². The van der Waals surface area contributed by atoms with E-state index in [1.807, 2.05) is 0 Å². The number of primary amides is 1. The minimum absolute atomic E-state index is 0.235. The monoisotopic (exact) mass is 298 g/mol. The first-order valence-electron chi connectivity index (χ1n) is 7.15. The molecule has 1 unspecified atom stereocenters. The fraction of sp³-hybridized carbons (Fsp3) is 0.769. The van der Waals surface area contributed by atoms with Gasteiger partial charge in [-0.2, -0.15) is 0 Å². The van der Waals surface area contributed by atoms with Crippen molar-refractivity contribution in [1.29, 1.82) is 0 Å². The highest BCUT2D eigenvalue weighted by atomic mass is 32.2.